The van der Waals surface area contributed by atoms with E-state index in [1.54, 1.807) is 6.08 Å². The molecule has 0 aliphatic heterocycles. The Morgan fingerprint density at radius 3 is 2.41 bits per heavy atom. The van der Waals surface area contributed by atoms with E-state index >= 15 is 0 Å². The fourth-order valence-corrected chi connectivity index (χ4v) is 2.00. The van der Waals surface area contributed by atoms with E-state index in [0.29, 0.717) is 19.0 Å². The number of aliphatic imine (C=N–C) groups is 1. The number of nitrogens with zero attached hydrogens (tertiary/aromatic N) is 1. The molecule has 4 heteroatoms. The summed E-state index contributed by atoms with van der Waals surface area (Å²) < 4.78 is 0. The molecule has 0 radical (unpaired) electrons. The van der Waals surface area contributed by atoms with E-state index in [-0.39, 0.29) is 5.41 Å². The van der Waals surface area contributed by atoms with Crippen LogP contribution in [0, 0.1) is 0 Å². The van der Waals surface area contributed by atoms with E-state index in [1.165, 1.54) is 5.56 Å². The van der Waals surface area contributed by atoms with Crippen molar-refractivity contribution in [2.24, 2.45) is 4.99 Å². The Kier molecular flexibility index (Phi) is 7.12. The number of rotatable bonds is 6. The van der Waals surface area contributed by atoms with Crippen molar-refractivity contribution in [3.05, 3.63) is 48.0 Å². The van der Waals surface area contributed by atoms with Gasteiger partial charge < -0.3 is 15.7 Å². The van der Waals surface area contributed by atoms with E-state index in [9.17, 15) is 5.11 Å². The Bertz CT molecular complexity index is 486. The molecule has 0 fully saturated rings. The number of guanidine groups is 1. The molecule has 122 valence electrons. The van der Waals surface area contributed by atoms with Gasteiger partial charge in [-0.3, -0.25) is 4.99 Å². The SMILES string of the molecule is C=CCNC(=NCC(O)c1ccc(C(C)(C)C)cc1)NCC. The molecule has 0 bridgehead atoms. The first kappa shape index (κ1) is 18.2. The standard InChI is InChI=1S/C18H29N3O/c1-6-12-20-17(19-7-2)21-13-16(22)14-8-10-15(11-9-14)18(3,4)5/h6,8-11,16,22H,1,7,12-13H2,2-5H3,(H2,19,20,21). The van der Waals surface area contributed by atoms with Crippen LogP contribution < -0.4 is 10.6 Å². The Balaban J connectivity index is 2.70. The second-order valence-corrected chi connectivity index (χ2v) is 6.28. The summed E-state index contributed by atoms with van der Waals surface area (Å²) in [6.07, 6.45) is 1.17. The number of aliphatic hydroxyl groups is 1. The van der Waals surface area contributed by atoms with Crippen molar-refractivity contribution in [3.63, 3.8) is 0 Å². The smallest absolute Gasteiger partial charge is 0.191 e. The van der Waals surface area contributed by atoms with Gasteiger partial charge in [0.25, 0.3) is 0 Å². The minimum Gasteiger partial charge on any atom is -0.386 e. The average molecular weight is 303 g/mol. The van der Waals surface area contributed by atoms with Crippen LogP contribution in [0.3, 0.4) is 0 Å². The molecule has 1 atom stereocenters. The van der Waals surface area contributed by atoms with Gasteiger partial charge in [-0.2, -0.15) is 0 Å². The first-order valence-corrected chi connectivity index (χ1v) is 7.80. The summed E-state index contributed by atoms with van der Waals surface area (Å²) in [4.78, 5) is 4.40. The summed E-state index contributed by atoms with van der Waals surface area (Å²) >= 11 is 0. The quantitative estimate of drug-likeness (QED) is 0.430. The maximum atomic E-state index is 10.3. The molecule has 0 spiro atoms. The number of nitrogens with one attached hydrogen (secondary N) is 2. The molecule has 0 aromatic heterocycles. The van der Waals surface area contributed by atoms with Crippen LogP contribution in [-0.4, -0.2) is 30.7 Å². The summed E-state index contributed by atoms with van der Waals surface area (Å²) in [5, 5.41) is 16.5. The Morgan fingerprint density at radius 2 is 1.91 bits per heavy atom. The average Bonchev–Trinajstić information content (AvgIpc) is 2.49. The lowest BCUT2D eigenvalue weighted by molar-refractivity contribution is 0.187. The maximum absolute atomic E-state index is 10.3. The topological polar surface area (TPSA) is 56.7 Å². The number of hydrogen-bond acceptors (Lipinski definition) is 2. The minimum atomic E-state index is -0.604. The molecule has 0 saturated carbocycles. The van der Waals surface area contributed by atoms with Crippen molar-refractivity contribution in [2.45, 2.75) is 39.2 Å². The van der Waals surface area contributed by atoms with Gasteiger partial charge in [0.15, 0.2) is 5.96 Å². The van der Waals surface area contributed by atoms with Crippen LogP contribution in [0.15, 0.2) is 41.9 Å². The molecule has 0 heterocycles. The number of aliphatic hydroxyl groups excluding tert-OH is 1. The second kappa shape index (κ2) is 8.59. The predicted octanol–water partition coefficient (Wildman–Crippen LogP) is 2.76. The van der Waals surface area contributed by atoms with Crippen molar-refractivity contribution in [2.75, 3.05) is 19.6 Å². The van der Waals surface area contributed by atoms with E-state index < -0.39 is 6.10 Å². The minimum absolute atomic E-state index is 0.120. The molecule has 0 saturated heterocycles. The van der Waals surface area contributed by atoms with Gasteiger partial charge in [-0.15, -0.1) is 6.58 Å². The molecule has 1 unspecified atom stereocenters. The van der Waals surface area contributed by atoms with Crippen molar-refractivity contribution < 1.29 is 5.11 Å². The Hall–Kier alpha value is -1.81. The summed E-state index contributed by atoms with van der Waals surface area (Å²) in [5.41, 5.74) is 2.26. The highest BCUT2D eigenvalue weighted by Gasteiger charge is 2.14. The molecule has 1 aromatic carbocycles. The van der Waals surface area contributed by atoms with Crippen molar-refractivity contribution in [1.29, 1.82) is 0 Å². The lowest BCUT2D eigenvalue weighted by Crippen LogP contribution is -2.37. The second-order valence-electron chi connectivity index (χ2n) is 6.28. The van der Waals surface area contributed by atoms with Crippen molar-refractivity contribution in [1.82, 2.24) is 10.6 Å². The monoisotopic (exact) mass is 303 g/mol. The molecular formula is C18H29N3O. The normalized spacial score (nSPS) is 13.6. The van der Waals surface area contributed by atoms with E-state index in [1.807, 2.05) is 19.1 Å². The zero-order valence-electron chi connectivity index (χ0n) is 14.2. The van der Waals surface area contributed by atoms with Gasteiger partial charge in [-0.05, 0) is 23.5 Å². The van der Waals surface area contributed by atoms with E-state index in [4.69, 9.17) is 0 Å². The lowest BCUT2D eigenvalue weighted by atomic mass is 9.86. The highest BCUT2D eigenvalue weighted by molar-refractivity contribution is 5.79. The van der Waals surface area contributed by atoms with Crippen LogP contribution in [-0.2, 0) is 5.41 Å². The summed E-state index contributed by atoms with van der Waals surface area (Å²) in [6.45, 7) is 13.9. The molecule has 1 aromatic rings. The summed E-state index contributed by atoms with van der Waals surface area (Å²) in [5.74, 6) is 0.688. The van der Waals surface area contributed by atoms with Gasteiger partial charge in [-0.25, -0.2) is 0 Å². The molecular weight excluding hydrogens is 274 g/mol. The molecule has 4 nitrogen and oxygen atoms in total. The van der Waals surface area contributed by atoms with Crippen LogP contribution in [0.5, 0.6) is 0 Å². The van der Waals surface area contributed by atoms with Gasteiger partial charge in [0.05, 0.1) is 12.6 Å². The van der Waals surface area contributed by atoms with Crippen LogP contribution in [0.1, 0.15) is 44.9 Å². The van der Waals surface area contributed by atoms with Crippen molar-refractivity contribution >= 4 is 5.96 Å². The van der Waals surface area contributed by atoms with Gasteiger partial charge >= 0.3 is 0 Å². The third-order valence-corrected chi connectivity index (χ3v) is 3.34. The third-order valence-electron chi connectivity index (χ3n) is 3.34. The van der Waals surface area contributed by atoms with Crippen LogP contribution >= 0.6 is 0 Å². The fraction of sp³-hybridized carbons (Fsp3) is 0.500. The predicted molar refractivity (Wildman–Crippen MR) is 94.3 cm³/mol. The fourth-order valence-electron chi connectivity index (χ4n) is 2.00. The lowest BCUT2D eigenvalue weighted by Gasteiger charge is -2.20. The molecule has 0 aliphatic carbocycles. The van der Waals surface area contributed by atoms with Gasteiger partial charge in [-0.1, -0.05) is 51.1 Å². The van der Waals surface area contributed by atoms with Crippen molar-refractivity contribution in [3.8, 4) is 0 Å². The maximum Gasteiger partial charge on any atom is 0.191 e. The van der Waals surface area contributed by atoms with E-state index in [0.717, 1.165) is 12.1 Å². The highest BCUT2D eigenvalue weighted by Crippen LogP contribution is 2.24. The number of benzene rings is 1. The van der Waals surface area contributed by atoms with Crippen LogP contribution in [0.25, 0.3) is 0 Å². The molecule has 1 rings (SSSR count). The zero-order chi connectivity index (χ0) is 16.6. The van der Waals surface area contributed by atoms with Gasteiger partial charge in [0, 0.05) is 13.1 Å². The third kappa shape index (κ3) is 5.90. The molecule has 22 heavy (non-hydrogen) atoms. The zero-order valence-corrected chi connectivity index (χ0v) is 14.2. The summed E-state index contributed by atoms with van der Waals surface area (Å²) in [7, 11) is 0. The molecule has 0 amide bonds. The largest absolute Gasteiger partial charge is 0.386 e. The van der Waals surface area contributed by atoms with Crippen LogP contribution in [0.4, 0.5) is 0 Å². The summed E-state index contributed by atoms with van der Waals surface area (Å²) in [6, 6.07) is 8.10. The number of hydrogen-bond donors (Lipinski definition) is 3. The molecule has 3 N–H and O–H groups in total. The van der Waals surface area contributed by atoms with Gasteiger partial charge in [0.2, 0.25) is 0 Å². The Labute approximate surface area is 134 Å². The van der Waals surface area contributed by atoms with Gasteiger partial charge in [0.1, 0.15) is 0 Å². The first-order chi connectivity index (χ1) is 10.4. The molecule has 0 aliphatic rings. The van der Waals surface area contributed by atoms with Crippen LogP contribution in [0.2, 0.25) is 0 Å². The Morgan fingerprint density at radius 1 is 1.27 bits per heavy atom. The highest BCUT2D eigenvalue weighted by atomic mass is 16.3. The van der Waals surface area contributed by atoms with E-state index in [2.05, 4.69) is 55.1 Å². The first-order valence-electron chi connectivity index (χ1n) is 7.80.